The van der Waals surface area contributed by atoms with Crippen molar-refractivity contribution in [2.45, 2.75) is 12.1 Å². The van der Waals surface area contributed by atoms with E-state index < -0.39 is 0 Å². The van der Waals surface area contributed by atoms with E-state index in [4.69, 9.17) is 4.74 Å². The van der Waals surface area contributed by atoms with Crippen LogP contribution in [0.2, 0.25) is 0 Å². The fourth-order valence-corrected chi connectivity index (χ4v) is 3.19. The third kappa shape index (κ3) is 4.79. The van der Waals surface area contributed by atoms with E-state index in [-0.39, 0.29) is 17.6 Å². The van der Waals surface area contributed by atoms with Gasteiger partial charge in [0.1, 0.15) is 5.75 Å². The first-order valence-electron chi connectivity index (χ1n) is 8.46. The molecule has 3 N–H and O–H groups in total. The van der Waals surface area contributed by atoms with Crippen molar-refractivity contribution in [1.82, 2.24) is 15.3 Å². The number of amides is 2. The molecule has 0 aliphatic rings. The number of hydrogen-bond acceptors (Lipinski definition) is 5. The van der Waals surface area contributed by atoms with E-state index in [0.29, 0.717) is 23.0 Å². The highest BCUT2D eigenvalue weighted by molar-refractivity contribution is 7.99. The molecule has 3 rings (SSSR count). The molecule has 7 nitrogen and oxygen atoms in total. The molecule has 3 aromatic rings. The Hall–Kier alpha value is -3.00. The number of thioether (sulfide) groups is 1. The molecule has 0 saturated heterocycles. The Morgan fingerprint density at radius 3 is 2.85 bits per heavy atom. The second-order valence-corrected chi connectivity index (χ2v) is 6.61. The minimum absolute atomic E-state index is 0.176. The number of hydrogen-bond donors (Lipinski definition) is 3. The lowest BCUT2D eigenvalue weighted by atomic mass is 10.2. The summed E-state index contributed by atoms with van der Waals surface area (Å²) in [6, 6.07) is 12.4. The largest absolute Gasteiger partial charge is 0.494 e. The molecule has 0 spiro atoms. The number of nitrogens with one attached hydrogen (secondary N) is 3. The zero-order valence-corrected chi connectivity index (χ0v) is 15.9. The van der Waals surface area contributed by atoms with E-state index in [0.717, 1.165) is 16.8 Å². The van der Waals surface area contributed by atoms with Crippen LogP contribution in [0.1, 0.15) is 17.3 Å². The van der Waals surface area contributed by atoms with Crippen LogP contribution in [0.4, 0.5) is 5.69 Å². The van der Waals surface area contributed by atoms with Crippen LogP contribution in [-0.4, -0.2) is 41.2 Å². The number of nitrogens with zero attached hydrogens (tertiary/aromatic N) is 1. The lowest BCUT2D eigenvalue weighted by Gasteiger charge is -2.06. The molecule has 0 saturated carbocycles. The summed E-state index contributed by atoms with van der Waals surface area (Å²) in [6.45, 7) is 2.53. The first kappa shape index (κ1) is 18.8. The highest BCUT2D eigenvalue weighted by atomic mass is 32.2. The van der Waals surface area contributed by atoms with Gasteiger partial charge >= 0.3 is 0 Å². The van der Waals surface area contributed by atoms with E-state index in [1.165, 1.54) is 11.8 Å². The predicted molar refractivity (Wildman–Crippen MR) is 106 cm³/mol. The minimum atomic E-state index is -0.200. The highest BCUT2D eigenvalue weighted by Gasteiger charge is 2.10. The molecule has 0 unspecified atom stereocenters. The Morgan fingerprint density at radius 2 is 2.07 bits per heavy atom. The number of benzene rings is 2. The van der Waals surface area contributed by atoms with Crippen LogP contribution in [0.3, 0.4) is 0 Å². The third-order valence-corrected chi connectivity index (χ3v) is 4.59. The van der Waals surface area contributed by atoms with Gasteiger partial charge in [0.05, 0.1) is 23.4 Å². The summed E-state index contributed by atoms with van der Waals surface area (Å²) in [7, 11) is 1.56. The summed E-state index contributed by atoms with van der Waals surface area (Å²) in [4.78, 5) is 31.5. The van der Waals surface area contributed by atoms with Crippen molar-refractivity contribution in [3.63, 3.8) is 0 Å². The third-order valence-electron chi connectivity index (χ3n) is 3.72. The summed E-state index contributed by atoms with van der Waals surface area (Å²) < 4.78 is 5.48. The number of fused-ring (bicyclic) bond motifs is 1. The summed E-state index contributed by atoms with van der Waals surface area (Å²) >= 11 is 1.31. The average molecular weight is 384 g/mol. The Bertz CT molecular complexity index is 970. The van der Waals surface area contributed by atoms with Gasteiger partial charge in [-0.05, 0) is 37.3 Å². The lowest BCUT2D eigenvalue weighted by Crippen LogP contribution is -2.19. The second kappa shape index (κ2) is 8.59. The maximum absolute atomic E-state index is 12.2. The van der Waals surface area contributed by atoms with Crippen molar-refractivity contribution >= 4 is 40.3 Å². The fraction of sp³-hybridized carbons (Fsp3) is 0.211. The number of anilines is 1. The van der Waals surface area contributed by atoms with Crippen LogP contribution in [0.15, 0.2) is 47.6 Å². The number of aromatic nitrogens is 2. The van der Waals surface area contributed by atoms with Gasteiger partial charge in [0.25, 0.3) is 5.91 Å². The fourth-order valence-electron chi connectivity index (χ4n) is 2.50. The van der Waals surface area contributed by atoms with Crippen molar-refractivity contribution in [3.8, 4) is 5.75 Å². The number of imidazole rings is 1. The number of aromatic amines is 1. The van der Waals surface area contributed by atoms with Gasteiger partial charge < -0.3 is 20.4 Å². The van der Waals surface area contributed by atoms with Crippen molar-refractivity contribution in [3.05, 3.63) is 48.0 Å². The molecule has 27 heavy (non-hydrogen) atoms. The molecule has 0 bridgehead atoms. The minimum Gasteiger partial charge on any atom is -0.494 e. The van der Waals surface area contributed by atoms with E-state index in [2.05, 4.69) is 20.6 Å². The van der Waals surface area contributed by atoms with Gasteiger partial charge in [-0.25, -0.2) is 4.98 Å². The van der Waals surface area contributed by atoms with Gasteiger partial charge in [-0.2, -0.15) is 0 Å². The van der Waals surface area contributed by atoms with E-state index in [1.807, 2.05) is 25.1 Å². The van der Waals surface area contributed by atoms with Crippen LogP contribution in [-0.2, 0) is 4.79 Å². The zero-order valence-electron chi connectivity index (χ0n) is 15.0. The van der Waals surface area contributed by atoms with Crippen molar-refractivity contribution in [1.29, 1.82) is 0 Å². The Kier molecular flexibility index (Phi) is 5.97. The van der Waals surface area contributed by atoms with Gasteiger partial charge in [0, 0.05) is 24.4 Å². The van der Waals surface area contributed by atoms with Crippen LogP contribution in [0.25, 0.3) is 11.0 Å². The molecule has 1 aromatic heterocycles. The molecular formula is C19H20N4O3S. The monoisotopic (exact) mass is 384 g/mol. The average Bonchev–Trinajstić information content (AvgIpc) is 3.08. The van der Waals surface area contributed by atoms with Gasteiger partial charge in [0.15, 0.2) is 5.16 Å². The first-order chi connectivity index (χ1) is 13.1. The molecule has 0 radical (unpaired) electrons. The Morgan fingerprint density at radius 1 is 1.22 bits per heavy atom. The van der Waals surface area contributed by atoms with E-state index in [1.54, 1.807) is 31.3 Å². The van der Waals surface area contributed by atoms with Crippen molar-refractivity contribution in [2.75, 3.05) is 24.7 Å². The van der Waals surface area contributed by atoms with Crippen LogP contribution >= 0.6 is 11.8 Å². The van der Waals surface area contributed by atoms with Gasteiger partial charge in [0.2, 0.25) is 5.91 Å². The maximum atomic E-state index is 12.2. The molecule has 0 fully saturated rings. The number of H-pyrrole nitrogens is 1. The highest BCUT2D eigenvalue weighted by Crippen LogP contribution is 2.23. The molecule has 2 amide bonds. The standard InChI is InChI=1S/C19H20N4O3S/c1-3-26-14-7-8-15-16(10-14)23-19(22-15)27-11-17(24)21-13-6-4-5-12(9-13)18(25)20-2/h4-10H,3,11H2,1-2H3,(H,20,25)(H,21,24)(H,22,23). The lowest BCUT2D eigenvalue weighted by molar-refractivity contribution is -0.113. The number of carbonyl (C=O) groups is 2. The van der Waals surface area contributed by atoms with Gasteiger partial charge in [-0.15, -0.1) is 0 Å². The molecule has 1 heterocycles. The van der Waals surface area contributed by atoms with Crippen molar-refractivity contribution in [2.24, 2.45) is 0 Å². The summed E-state index contributed by atoms with van der Waals surface area (Å²) in [6.07, 6.45) is 0. The second-order valence-electron chi connectivity index (χ2n) is 5.65. The number of rotatable bonds is 7. The molecule has 8 heteroatoms. The number of carbonyl (C=O) groups excluding carboxylic acids is 2. The normalized spacial score (nSPS) is 10.6. The van der Waals surface area contributed by atoms with Gasteiger partial charge in [-0.3, -0.25) is 9.59 Å². The van der Waals surface area contributed by atoms with Crippen LogP contribution in [0.5, 0.6) is 5.75 Å². The molecular weight excluding hydrogens is 364 g/mol. The molecule has 2 aromatic carbocycles. The topological polar surface area (TPSA) is 96.1 Å². The SMILES string of the molecule is CCOc1ccc2nc(SCC(=O)Nc3cccc(C(=O)NC)c3)[nH]c2c1. The van der Waals surface area contributed by atoms with Crippen LogP contribution < -0.4 is 15.4 Å². The Balaban J connectivity index is 1.60. The quantitative estimate of drug-likeness (QED) is 0.544. The van der Waals surface area contributed by atoms with Crippen LogP contribution in [0, 0.1) is 0 Å². The molecule has 140 valence electrons. The number of ether oxygens (including phenoxy) is 1. The first-order valence-corrected chi connectivity index (χ1v) is 9.45. The summed E-state index contributed by atoms with van der Waals surface area (Å²) in [5, 5.41) is 6.01. The summed E-state index contributed by atoms with van der Waals surface area (Å²) in [5.74, 6) is 0.597. The predicted octanol–water partition coefficient (Wildman–Crippen LogP) is 3.05. The Labute approximate surface area is 160 Å². The smallest absolute Gasteiger partial charge is 0.251 e. The summed E-state index contributed by atoms with van der Waals surface area (Å²) in [5.41, 5.74) is 2.75. The maximum Gasteiger partial charge on any atom is 0.251 e. The molecule has 0 atom stereocenters. The van der Waals surface area contributed by atoms with E-state index in [9.17, 15) is 9.59 Å². The molecule has 0 aliphatic carbocycles. The van der Waals surface area contributed by atoms with E-state index >= 15 is 0 Å². The van der Waals surface area contributed by atoms with Crippen molar-refractivity contribution < 1.29 is 14.3 Å². The zero-order chi connectivity index (χ0) is 19.2. The molecule has 0 aliphatic heterocycles. The van der Waals surface area contributed by atoms with Gasteiger partial charge in [-0.1, -0.05) is 17.8 Å².